The molecule has 0 amide bonds. The van der Waals surface area contributed by atoms with E-state index >= 15 is 0 Å². The number of H-pyrrole nitrogens is 1. The monoisotopic (exact) mass is 330 g/mol. The molecule has 0 aliphatic rings. The molecular formula is C15H14N4O3S. The van der Waals surface area contributed by atoms with E-state index in [1.165, 1.54) is 12.3 Å². The first-order valence-electron chi connectivity index (χ1n) is 6.90. The highest BCUT2D eigenvalue weighted by Crippen LogP contribution is 2.18. The summed E-state index contributed by atoms with van der Waals surface area (Å²) in [5, 5.41) is 5.29. The minimum Gasteiger partial charge on any atom is -0.306 e. The Hall–Kier alpha value is -2.58. The zero-order chi connectivity index (χ0) is 16.6. The molecule has 3 rings (SSSR count). The second kappa shape index (κ2) is 5.56. The van der Waals surface area contributed by atoms with Gasteiger partial charge in [-0.05, 0) is 36.2 Å². The molecule has 0 bridgehead atoms. The van der Waals surface area contributed by atoms with Gasteiger partial charge in [-0.3, -0.25) is 4.79 Å². The van der Waals surface area contributed by atoms with Gasteiger partial charge in [0.15, 0.2) is 5.03 Å². The van der Waals surface area contributed by atoms with Crippen molar-refractivity contribution in [3.8, 4) is 11.4 Å². The maximum atomic E-state index is 12.3. The number of hydrogen-bond donors (Lipinski definition) is 2. The number of rotatable bonds is 3. The van der Waals surface area contributed by atoms with Crippen molar-refractivity contribution in [2.24, 2.45) is 5.14 Å². The van der Waals surface area contributed by atoms with Crippen LogP contribution in [0.2, 0.25) is 0 Å². The van der Waals surface area contributed by atoms with Crippen LogP contribution in [-0.2, 0) is 16.4 Å². The molecule has 0 unspecified atom stereocenters. The Labute approximate surface area is 132 Å². The molecular weight excluding hydrogens is 316 g/mol. The van der Waals surface area contributed by atoms with E-state index in [1.54, 1.807) is 18.2 Å². The predicted octanol–water partition coefficient (Wildman–Crippen LogP) is 1.19. The largest absolute Gasteiger partial charge is 0.306 e. The number of fused-ring (bicyclic) bond motifs is 1. The van der Waals surface area contributed by atoms with Crippen molar-refractivity contribution < 1.29 is 8.42 Å². The normalized spacial score (nSPS) is 11.7. The van der Waals surface area contributed by atoms with Gasteiger partial charge in [-0.25, -0.2) is 23.5 Å². The smallest absolute Gasteiger partial charge is 0.259 e. The van der Waals surface area contributed by atoms with Crippen LogP contribution in [0.3, 0.4) is 0 Å². The van der Waals surface area contributed by atoms with Crippen LogP contribution in [0, 0.1) is 0 Å². The first kappa shape index (κ1) is 15.3. The van der Waals surface area contributed by atoms with Crippen LogP contribution < -0.4 is 10.7 Å². The van der Waals surface area contributed by atoms with E-state index in [9.17, 15) is 13.2 Å². The molecule has 2 aromatic heterocycles. The molecule has 1 aromatic carbocycles. The highest BCUT2D eigenvalue weighted by atomic mass is 32.2. The average molecular weight is 330 g/mol. The van der Waals surface area contributed by atoms with Crippen molar-refractivity contribution in [3.63, 3.8) is 0 Å². The van der Waals surface area contributed by atoms with E-state index < -0.39 is 10.0 Å². The van der Waals surface area contributed by atoms with Crippen molar-refractivity contribution in [1.29, 1.82) is 0 Å². The number of aromatic nitrogens is 3. The number of primary sulfonamides is 1. The second-order valence-corrected chi connectivity index (χ2v) is 6.56. The molecule has 3 aromatic rings. The van der Waals surface area contributed by atoms with E-state index in [2.05, 4.69) is 15.0 Å². The zero-order valence-electron chi connectivity index (χ0n) is 12.3. The Balaban J connectivity index is 2.20. The molecule has 0 spiro atoms. The van der Waals surface area contributed by atoms with Gasteiger partial charge in [-0.15, -0.1) is 0 Å². The predicted molar refractivity (Wildman–Crippen MR) is 86.3 cm³/mol. The quantitative estimate of drug-likeness (QED) is 0.748. The lowest BCUT2D eigenvalue weighted by molar-refractivity contribution is 0.594. The molecule has 7 nitrogen and oxygen atoms in total. The third kappa shape index (κ3) is 2.99. The van der Waals surface area contributed by atoms with Gasteiger partial charge >= 0.3 is 0 Å². The molecule has 0 radical (unpaired) electrons. The SMILES string of the molecule is CCc1ccc2nc(-c3ccnc(S(N)(=O)=O)c3)[nH]c(=O)c2c1. The fraction of sp³-hybridized carbons (Fsp3) is 0.133. The van der Waals surface area contributed by atoms with E-state index in [0.29, 0.717) is 16.5 Å². The number of nitrogens with one attached hydrogen (secondary N) is 1. The lowest BCUT2D eigenvalue weighted by Gasteiger charge is -2.05. The number of sulfonamides is 1. The minimum absolute atomic E-state index is 0.263. The summed E-state index contributed by atoms with van der Waals surface area (Å²) in [6.07, 6.45) is 2.12. The molecule has 0 fully saturated rings. The number of benzene rings is 1. The molecule has 23 heavy (non-hydrogen) atoms. The first-order chi connectivity index (χ1) is 10.9. The standard InChI is InChI=1S/C15H14N4O3S/c1-2-9-3-4-12-11(7-9)15(20)19-14(18-12)10-5-6-17-13(8-10)23(16,21)22/h3-8H,2H2,1H3,(H2,16,21,22)(H,18,19,20). The molecule has 2 heterocycles. The van der Waals surface area contributed by atoms with Gasteiger partial charge in [0.1, 0.15) is 5.82 Å². The summed E-state index contributed by atoms with van der Waals surface area (Å²) in [6.45, 7) is 2.00. The van der Waals surface area contributed by atoms with Gasteiger partial charge in [0.05, 0.1) is 10.9 Å². The van der Waals surface area contributed by atoms with Gasteiger partial charge in [0.25, 0.3) is 15.6 Å². The highest BCUT2D eigenvalue weighted by molar-refractivity contribution is 7.89. The van der Waals surface area contributed by atoms with E-state index in [0.717, 1.165) is 12.0 Å². The lowest BCUT2D eigenvalue weighted by Crippen LogP contribution is -2.14. The fourth-order valence-corrected chi connectivity index (χ4v) is 2.75. The van der Waals surface area contributed by atoms with Gasteiger partial charge < -0.3 is 4.98 Å². The maximum absolute atomic E-state index is 12.3. The summed E-state index contributed by atoms with van der Waals surface area (Å²) >= 11 is 0. The van der Waals surface area contributed by atoms with Crippen molar-refractivity contribution in [2.45, 2.75) is 18.4 Å². The third-order valence-electron chi connectivity index (χ3n) is 3.48. The lowest BCUT2D eigenvalue weighted by atomic mass is 10.1. The summed E-state index contributed by atoms with van der Waals surface area (Å²) in [5.41, 5.74) is 1.71. The summed E-state index contributed by atoms with van der Waals surface area (Å²) in [7, 11) is -3.93. The van der Waals surface area contributed by atoms with Crippen LogP contribution in [-0.4, -0.2) is 23.4 Å². The molecule has 0 aliphatic heterocycles. The van der Waals surface area contributed by atoms with Crippen LogP contribution in [0.4, 0.5) is 0 Å². The average Bonchev–Trinajstić information content (AvgIpc) is 2.54. The topological polar surface area (TPSA) is 119 Å². The van der Waals surface area contributed by atoms with Crippen LogP contribution in [0.25, 0.3) is 22.3 Å². The van der Waals surface area contributed by atoms with Crippen LogP contribution >= 0.6 is 0 Å². The van der Waals surface area contributed by atoms with Crippen molar-refractivity contribution in [3.05, 3.63) is 52.4 Å². The number of hydrogen-bond acceptors (Lipinski definition) is 5. The molecule has 0 saturated carbocycles. The number of nitrogens with zero attached hydrogens (tertiary/aromatic N) is 2. The fourth-order valence-electron chi connectivity index (χ4n) is 2.25. The summed E-state index contributed by atoms with van der Waals surface area (Å²) < 4.78 is 22.8. The van der Waals surface area contributed by atoms with E-state index in [-0.39, 0.29) is 16.4 Å². The van der Waals surface area contributed by atoms with Gasteiger partial charge in [-0.1, -0.05) is 13.0 Å². The van der Waals surface area contributed by atoms with Crippen LogP contribution in [0.1, 0.15) is 12.5 Å². The molecule has 0 aliphatic carbocycles. The molecule has 3 N–H and O–H groups in total. The van der Waals surface area contributed by atoms with Crippen LogP contribution in [0.5, 0.6) is 0 Å². The maximum Gasteiger partial charge on any atom is 0.259 e. The Morgan fingerprint density at radius 3 is 2.70 bits per heavy atom. The minimum atomic E-state index is -3.93. The number of aromatic amines is 1. The van der Waals surface area contributed by atoms with Crippen molar-refractivity contribution in [2.75, 3.05) is 0 Å². The summed E-state index contributed by atoms with van der Waals surface area (Å²) in [6, 6.07) is 8.31. The molecule has 118 valence electrons. The third-order valence-corrected chi connectivity index (χ3v) is 4.28. The van der Waals surface area contributed by atoms with Crippen molar-refractivity contribution in [1.82, 2.24) is 15.0 Å². The number of nitrogens with two attached hydrogens (primary N) is 1. The van der Waals surface area contributed by atoms with E-state index in [1.807, 2.05) is 13.0 Å². The summed E-state index contributed by atoms with van der Waals surface area (Å²) in [4.78, 5) is 23.0. The van der Waals surface area contributed by atoms with Crippen LogP contribution in [0.15, 0.2) is 46.3 Å². The molecule has 8 heteroatoms. The Kier molecular flexibility index (Phi) is 3.70. The molecule has 0 atom stereocenters. The Bertz CT molecular complexity index is 1060. The molecule has 0 saturated heterocycles. The Morgan fingerprint density at radius 2 is 2.00 bits per heavy atom. The number of aryl methyl sites for hydroxylation is 1. The van der Waals surface area contributed by atoms with Crippen molar-refractivity contribution >= 4 is 20.9 Å². The van der Waals surface area contributed by atoms with E-state index in [4.69, 9.17) is 5.14 Å². The number of pyridine rings is 1. The second-order valence-electron chi connectivity index (χ2n) is 5.05. The van der Waals surface area contributed by atoms with Gasteiger partial charge in [0.2, 0.25) is 0 Å². The van der Waals surface area contributed by atoms with Gasteiger partial charge in [0, 0.05) is 11.8 Å². The van der Waals surface area contributed by atoms with Gasteiger partial charge in [-0.2, -0.15) is 0 Å². The first-order valence-corrected chi connectivity index (χ1v) is 8.45. The zero-order valence-corrected chi connectivity index (χ0v) is 13.1. The Morgan fingerprint density at radius 1 is 1.22 bits per heavy atom. The summed E-state index contributed by atoms with van der Waals surface area (Å²) in [5.74, 6) is 0.263. The highest BCUT2D eigenvalue weighted by Gasteiger charge is 2.12.